The summed E-state index contributed by atoms with van der Waals surface area (Å²) in [7, 11) is 0. The molecule has 0 aliphatic heterocycles. The summed E-state index contributed by atoms with van der Waals surface area (Å²) in [6.07, 6.45) is 0. The molecule has 0 spiro atoms. The zero-order valence-corrected chi connectivity index (χ0v) is 20.4. The molecule has 0 fully saturated rings. The summed E-state index contributed by atoms with van der Waals surface area (Å²) in [4.78, 5) is 0. The standard InChI is InChI=1S/La.6O.2Pb.Ti.Zr/q;;;4*-1;2*+2;;. The van der Waals surface area contributed by atoms with Crippen LogP contribution in [0, 0.1) is 35.6 Å². The molecular weight excluding hydrogens is 788 g/mol. The fraction of sp³-hybridized carbons (Fsp3) is 0. The second-order valence-corrected chi connectivity index (χ2v) is 2.51. The van der Waals surface area contributed by atoms with Crippen LogP contribution in [0.2, 0.25) is 0 Å². The Morgan fingerprint density at radius 3 is 1.09 bits per heavy atom. The first kappa shape index (κ1) is 29.4. The average Bonchev–Trinajstić information content (AvgIpc) is 1.25. The van der Waals surface area contributed by atoms with E-state index >= 15 is 0 Å². The van der Waals surface area contributed by atoms with Crippen LogP contribution < -0.4 is 13.7 Å². The minimum absolute atomic E-state index is 0. The van der Waals surface area contributed by atoms with E-state index in [0.717, 1.165) is 0 Å². The Bertz CT molecular complexity index is 78.6. The quantitative estimate of drug-likeness (QED) is 0.226. The summed E-state index contributed by atoms with van der Waals surface area (Å²) >= 11 is -8.38. The number of hydrogen-bond donors (Lipinski definition) is 0. The van der Waals surface area contributed by atoms with E-state index in [1.165, 1.54) is 0 Å². The van der Waals surface area contributed by atoms with Gasteiger partial charge in [-0.05, 0) is 0 Å². The molecule has 11 heteroatoms. The normalized spacial score (nSPS) is 4.73. The van der Waals surface area contributed by atoms with Crippen molar-refractivity contribution in [2.45, 2.75) is 0 Å². The van der Waals surface area contributed by atoms with Crippen LogP contribution in [0.1, 0.15) is 0 Å². The van der Waals surface area contributed by atoms with Gasteiger partial charge in [0.1, 0.15) is 0 Å². The summed E-state index contributed by atoms with van der Waals surface area (Å²) < 4.78 is 51.6. The van der Waals surface area contributed by atoms with E-state index in [1.807, 2.05) is 0 Å². The molecule has 0 aromatic rings. The van der Waals surface area contributed by atoms with Crippen molar-refractivity contribution < 1.29 is 96.7 Å². The predicted octanol–water partition coefficient (Wildman–Crippen LogP) is -5.76. The Labute approximate surface area is 148 Å². The molecule has 0 saturated carbocycles. The van der Waals surface area contributed by atoms with Crippen molar-refractivity contribution in [3.63, 3.8) is 0 Å². The van der Waals surface area contributed by atoms with Crippen molar-refractivity contribution in [2.24, 2.45) is 0 Å². The van der Waals surface area contributed by atoms with Crippen molar-refractivity contribution in [1.82, 2.24) is 0 Å². The molecule has 11 heavy (non-hydrogen) atoms. The molecule has 0 saturated heterocycles. The topological polar surface area (TPSA) is 126 Å². The Kier molecular flexibility index (Phi) is 63.4. The molecule has 0 heterocycles. The molecule has 0 rings (SSSR count). The van der Waals surface area contributed by atoms with E-state index in [4.69, 9.17) is 19.9 Å². The molecule has 0 amide bonds. The second kappa shape index (κ2) is 23.7. The molecule has 0 aromatic carbocycles. The summed E-state index contributed by atoms with van der Waals surface area (Å²) in [5.41, 5.74) is 0. The zero-order chi connectivity index (χ0) is 7.15. The minimum Gasteiger partial charge on any atom is 2.00 e. The summed E-state index contributed by atoms with van der Waals surface area (Å²) in [6.45, 7) is 0. The number of rotatable bonds is 0. The first-order valence-corrected chi connectivity index (χ1v) is 6.15. The van der Waals surface area contributed by atoms with Crippen LogP contribution in [0.5, 0.6) is 0 Å². The molecule has 0 aliphatic carbocycles. The van der Waals surface area contributed by atoms with E-state index in [9.17, 15) is 0 Å². The van der Waals surface area contributed by atoms with Crippen LogP contribution in [-0.4, -0.2) is 54.6 Å². The van der Waals surface area contributed by atoms with Crippen LogP contribution in [0.4, 0.5) is 0 Å². The zero-order valence-electron chi connectivity index (χ0n) is 5.03. The maximum atomic E-state index is 8.61. The molecule has 0 atom stereocenters. The van der Waals surface area contributed by atoms with Gasteiger partial charge in [0.25, 0.3) is 0 Å². The summed E-state index contributed by atoms with van der Waals surface area (Å²) in [5, 5.41) is 0. The van der Waals surface area contributed by atoms with Gasteiger partial charge in [-0.2, -0.15) is 0 Å². The van der Waals surface area contributed by atoms with Crippen molar-refractivity contribution in [2.75, 3.05) is 0 Å². The van der Waals surface area contributed by atoms with E-state index in [0.29, 0.717) is 0 Å². The largest absolute Gasteiger partial charge is 2.00 e. The van der Waals surface area contributed by atoms with Gasteiger partial charge in [0.2, 0.25) is 0 Å². The van der Waals surface area contributed by atoms with Gasteiger partial charge in [0.05, 0.1) is 0 Å². The predicted molar refractivity (Wildman–Crippen MR) is 12.9 cm³/mol. The van der Waals surface area contributed by atoms with Crippen LogP contribution in [0.25, 0.3) is 0 Å². The van der Waals surface area contributed by atoms with Gasteiger partial charge in [-0.25, -0.2) is 0 Å². The average molecular weight is 788 g/mol. The first-order valence-electron chi connectivity index (χ1n) is 1.22. The summed E-state index contributed by atoms with van der Waals surface area (Å²) in [6, 6.07) is 0. The summed E-state index contributed by atoms with van der Waals surface area (Å²) in [5.74, 6) is 0. The monoisotopic (exact) mass is 789 g/mol. The van der Waals surface area contributed by atoms with E-state index in [2.05, 4.69) is 0 Å². The fourth-order valence-corrected chi connectivity index (χ4v) is 0. The second-order valence-electron chi connectivity index (χ2n) is 0.500. The van der Waals surface area contributed by atoms with Crippen LogP contribution in [0.15, 0.2) is 0 Å². The first-order chi connectivity index (χ1) is 3.46. The Hall–Kier alpha value is 4.08. The van der Waals surface area contributed by atoms with Gasteiger partial charge in [-0.1, -0.05) is 0 Å². The molecule has 0 unspecified atom stereocenters. The third kappa shape index (κ3) is 124. The van der Waals surface area contributed by atoms with Gasteiger partial charge < -0.3 is 0 Å². The van der Waals surface area contributed by atoms with Crippen molar-refractivity contribution in [3.05, 3.63) is 0 Å². The van der Waals surface area contributed by atoms with Crippen molar-refractivity contribution in [3.8, 4) is 0 Å². The molecule has 0 aliphatic rings. The smallest absolute Gasteiger partial charge is 2.00 e. The Morgan fingerprint density at radius 1 is 1.09 bits per heavy atom. The fourth-order valence-electron chi connectivity index (χ4n) is 0. The van der Waals surface area contributed by atoms with Gasteiger partial charge >= 0.3 is 116 Å². The van der Waals surface area contributed by atoms with Crippen molar-refractivity contribution >= 4 is 54.6 Å². The molecule has 0 bridgehead atoms. The van der Waals surface area contributed by atoms with Gasteiger partial charge in [-0.15, -0.1) is 0 Å². The maximum absolute atomic E-state index is 8.61. The third-order valence-corrected chi connectivity index (χ3v) is 0. The van der Waals surface area contributed by atoms with E-state index in [1.54, 1.807) is 0 Å². The van der Waals surface area contributed by atoms with Crippen LogP contribution in [0.3, 0.4) is 0 Å². The SMILES string of the molecule is [La].[O]=[Ti]([O-])[O-].[O]=[Zr]([O-])[O-].[Pb+2].[Pb+2]. The molecule has 5 radical (unpaired) electrons. The van der Waals surface area contributed by atoms with Crippen LogP contribution >= 0.6 is 0 Å². The maximum Gasteiger partial charge on any atom is 2.00 e. The number of hydrogen-bond acceptors (Lipinski definition) is 6. The third-order valence-electron chi connectivity index (χ3n) is 0. The Balaban J connectivity index is -0.0000000171. The van der Waals surface area contributed by atoms with Gasteiger partial charge in [-0.3, -0.25) is 0 Å². The van der Waals surface area contributed by atoms with E-state index in [-0.39, 0.29) is 90.2 Å². The molecule has 0 aromatic heterocycles. The van der Waals surface area contributed by atoms with Gasteiger partial charge in [0, 0.05) is 35.6 Å². The molecule has 0 N–H and O–H groups in total. The van der Waals surface area contributed by atoms with Crippen LogP contribution in [-0.2, 0) is 47.4 Å². The molecular formula is LaO6Pb2TiZr. The molecule has 6 nitrogen and oxygen atoms in total. The van der Waals surface area contributed by atoms with Crippen molar-refractivity contribution in [1.29, 1.82) is 0 Å². The van der Waals surface area contributed by atoms with Gasteiger partial charge in [0.15, 0.2) is 0 Å². The minimum atomic E-state index is -4.29. The van der Waals surface area contributed by atoms with E-state index < -0.39 is 41.3 Å². The Morgan fingerprint density at radius 2 is 1.09 bits per heavy atom. The molecule has 55 valence electrons.